The summed E-state index contributed by atoms with van der Waals surface area (Å²) in [6, 6.07) is 6.29. The fourth-order valence-electron chi connectivity index (χ4n) is 2.85. The molecule has 0 saturated carbocycles. The smallest absolute Gasteiger partial charge is 0.443 e. The van der Waals surface area contributed by atoms with E-state index in [1.165, 1.54) is 5.38 Å². The van der Waals surface area contributed by atoms with E-state index in [1.54, 1.807) is 24.3 Å². The van der Waals surface area contributed by atoms with E-state index < -0.39 is 21.2 Å². The van der Waals surface area contributed by atoms with E-state index in [0.717, 1.165) is 6.26 Å². The minimum absolute atomic E-state index is 0.143. The Kier molecular flexibility index (Phi) is 6.28. The van der Waals surface area contributed by atoms with Crippen molar-refractivity contribution in [1.82, 2.24) is 9.71 Å². The van der Waals surface area contributed by atoms with Crippen molar-refractivity contribution in [2.45, 2.75) is 18.6 Å². The first-order chi connectivity index (χ1) is 13.1. The molecule has 0 amide bonds. The van der Waals surface area contributed by atoms with Crippen LogP contribution in [0.1, 0.15) is 11.4 Å². The fourth-order valence-corrected chi connectivity index (χ4v) is 4.41. The topological polar surface area (TPSA) is 77.5 Å². The first-order valence-corrected chi connectivity index (χ1v) is 11.2. The molecule has 11 heteroatoms. The van der Waals surface area contributed by atoms with Gasteiger partial charge >= 0.3 is 6.18 Å². The van der Waals surface area contributed by atoms with Gasteiger partial charge in [0.05, 0.1) is 25.2 Å². The Balaban J connectivity index is 1.62. The van der Waals surface area contributed by atoms with Gasteiger partial charge in [0.15, 0.2) is 5.01 Å². The van der Waals surface area contributed by atoms with Crippen molar-refractivity contribution in [2.75, 3.05) is 26.1 Å². The summed E-state index contributed by atoms with van der Waals surface area (Å²) in [5.74, 6) is 0.384. The van der Waals surface area contributed by atoms with Crippen LogP contribution in [-0.2, 0) is 20.9 Å². The molecule has 2 unspecified atom stereocenters. The predicted molar refractivity (Wildman–Crippen MR) is 98.7 cm³/mol. The third kappa shape index (κ3) is 5.66. The van der Waals surface area contributed by atoms with Crippen LogP contribution >= 0.6 is 11.3 Å². The monoisotopic (exact) mass is 436 g/mol. The summed E-state index contributed by atoms with van der Waals surface area (Å²) in [6.45, 7) is 1.11. The number of hydrogen-bond donors (Lipinski definition) is 1. The average Bonchev–Trinajstić information content (AvgIpc) is 3.11. The minimum atomic E-state index is -4.45. The summed E-state index contributed by atoms with van der Waals surface area (Å²) in [5, 5.41) is 0.476. The first kappa shape index (κ1) is 21.0. The highest BCUT2D eigenvalue weighted by atomic mass is 32.2. The van der Waals surface area contributed by atoms with Crippen molar-refractivity contribution >= 4 is 21.4 Å². The molecule has 1 N–H and O–H groups in total. The summed E-state index contributed by atoms with van der Waals surface area (Å²) in [6.07, 6.45) is -2.78. The number of rotatable bonds is 6. The second kappa shape index (κ2) is 8.36. The first-order valence-electron chi connectivity index (χ1n) is 8.43. The highest BCUT2D eigenvalue weighted by Crippen LogP contribution is 2.34. The molecule has 0 aliphatic carbocycles. The molecule has 1 aromatic carbocycles. The van der Waals surface area contributed by atoms with Crippen LogP contribution in [0.2, 0.25) is 0 Å². The van der Waals surface area contributed by atoms with E-state index in [1.807, 2.05) is 0 Å². The molecule has 2 atom stereocenters. The van der Waals surface area contributed by atoms with Gasteiger partial charge in [0.25, 0.3) is 0 Å². The molecule has 28 heavy (non-hydrogen) atoms. The van der Waals surface area contributed by atoms with Gasteiger partial charge in [-0.3, -0.25) is 0 Å². The quantitative estimate of drug-likeness (QED) is 0.753. The van der Waals surface area contributed by atoms with Crippen molar-refractivity contribution in [2.24, 2.45) is 5.92 Å². The van der Waals surface area contributed by atoms with E-state index in [2.05, 4.69) is 9.71 Å². The second-order valence-corrected chi connectivity index (χ2v) is 9.13. The van der Waals surface area contributed by atoms with E-state index in [9.17, 15) is 21.6 Å². The van der Waals surface area contributed by atoms with Gasteiger partial charge in [-0.25, -0.2) is 18.1 Å². The number of halogens is 3. The zero-order chi connectivity index (χ0) is 20.4. The maximum Gasteiger partial charge on any atom is 0.443 e. The lowest BCUT2D eigenvalue weighted by molar-refractivity contribution is -0.137. The zero-order valence-corrected chi connectivity index (χ0v) is 16.5. The zero-order valence-electron chi connectivity index (χ0n) is 14.9. The Morgan fingerprint density at radius 2 is 2.04 bits per heavy atom. The largest absolute Gasteiger partial charge is 0.493 e. The maximum atomic E-state index is 12.7. The number of nitrogens with one attached hydrogen (secondary N) is 1. The van der Waals surface area contributed by atoms with Crippen LogP contribution < -0.4 is 9.46 Å². The summed E-state index contributed by atoms with van der Waals surface area (Å²) < 4.78 is 74.7. The number of ether oxygens (including phenoxy) is 2. The molecule has 0 radical (unpaired) electrons. The van der Waals surface area contributed by atoms with Gasteiger partial charge in [0.1, 0.15) is 5.75 Å². The fraction of sp³-hybridized carbons (Fsp3) is 0.471. The molecule has 0 bridgehead atoms. The lowest BCUT2D eigenvalue weighted by Gasteiger charge is -2.31. The lowest BCUT2D eigenvalue weighted by Crippen LogP contribution is -2.47. The second-order valence-electron chi connectivity index (χ2n) is 6.49. The standard InChI is InChI=1S/C17H19F3N2O4S2/c1-28(23,24)22-14-6-7-25-8-12(14)9-26-13-4-2-11(3-5-13)15-10-27-16(21-15)17(18,19)20/h2-5,10,12,14,22H,6-9H2,1H3. The van der Waals surface area contributed by atoms with E-state index in [0.29, 0.717) is 42.3 Å². The maximum absolute atomic E-state index is 12.7. The normalized spacial score (nSPS) is 20.9. The Hall–Kier alpha value is -1.69. The van der Waals surface area contributed by atoms with Gasteiger partial charge in [-0.2, -0.15) is 13.2 Å². The lowest BCUT2D eigenvalue weighted by atomic mass is 9.98. The van der Waals surface area contributed by atoms with Gasteiger partial charge < -0.3 is 9.47 Å². The molecule has 1 aliphatic rings. The molecule has 1 saturated heterocycles. The number of aromatic nitrogens is 1. The summed E-state index contributed by atoms with van der Waals surface area (Å²) in [5.41, 5.74) is 0.804. The SMILES string of the molecule is CS(=O)(=O)NC1CCOCC1COc1ccc(-c2csc(C(F)(F)F)n2)cc1. The number of sulfonamides is 1. The van der Waals surface area contributed by atoms with E-state index >= 15 is 0 Å². The molecule has 1 aromatic heterocycles. The molecule has 1 fully saturated rings. The number of alkyl halides is 3. The molecule has 154 valence electrons. The third-order valence-electron chi connectivity index (χ3n) is 4.20. The molecule has 3 rings (SSSR count). The van der Waals surface area contributed by atoms with Gasteiger partial charge in [0.2, 0.25) is 10.0 Å². The van der Waals surface area contributed by atoms with Crippen LogP contribution in [0.4, 0.5) is 13.2 Å². The Bertz CT molecular complexity index is 898. The molecular formula is C17H19F3N2O4S2. The van der Waals surface area contributed by atoms with Gasteiger partial charge in [0, 0.05) is 29.5 Å². The number of thiazole rings is 1. The Morgan fingerprint density at radius 3 is 2.64 bits per heavy atom. The number of benzene rings is 1. The van der Waals surface area contributed by atoms with E-state index in [-0.39, 0.29) is 24.3 Å². The number of nitrogens with zero attached hydrogens (tertiary/aromatic N) is 1. The van der Waals surface area contributed by atoms with Crippen LogP contribution in [0.25, 0.3) is 11.3 Å². The van der Waals surface area contributed by atoms with E-state index in [4.69, 9.17) is 9.47 Å². The van der Waals surface area contributed by atoms with Crippen LogP contribution in [0.15, 0.2) is 29.6 Å². The Labute approximate surface area is 164 Å². The van der Waals surface area contributed by atoms with Crippen molar-refractivity contribution in [3.8, 4) is 17.0 Å². The Morgan fingerprint density at radius 1 is 1.32 bits per heavy atom. The summed E-state index contributed by atoms with van der Waals surface area (Å²) >= 11 is 0.552. The third-order valence-corrected chi connectivity index (χ3v) is 5.82. The van der Waals surface area contributed by atoms with Crippen molar-refractivity contribution in [1.29, 1.82) is 0 Å². The predicted octanol–water partition coefficient (Wildman–Crippen LogP) is 3.16. The molecule has 2 aromatic rings. The summed E-state index contributed by atoms with van der Waals surface area (Å²) in [7, 11) is -3.33. The molecule has 0 spiro atoms. The molecule has 1 aliphatic heterocycles. The average molecular weight is 436 g/mol. The highest BCUT2D eigenvalue weighted by molar-refractivity contribution is 7.88. The van der Waals surface area contributed by atoms with Crippen molar-refractivity contribution < 1.29 is 31.1 Å². The van der Waals surface area contributed by atoms with Gasteiger partial charge in [-0.15, -0.1) is 11.3 Å². The van der Waals surface area contributed by atoms with Crippen LogP contribution in [0, 0.1) is 5.92 Å². The van der Waals surface area contributed by atoms with Crippen molar-refractivity contribution in [3.63, 3.8) is 0 Å². The van der Waals surface area contributed by atoms with Gasteiger partial charge in [-0.1, -0.05) is 0 Å². The molecule has 6 nitrogen and oxygen atoms in total. The van der Waals surface area contributed by atoms with Crippen LogP contribution in [-0.4, -0.2) is 45.5 Å². The highest BCUT2D eigenvalue weighted by Gasteiger charge is 2.34. The summed E-state index contributed by atoms with van der Waals surface area (Å²) in [4.78, 5) is 3.62. The molecular weight excluding hydrogens is 417 g/mol. The van der Waals surface area contributed by atoms with Crippen LogP contribution in [0.3, 0.4) is 0 Å². The molecule has 2 heterocycles. The van der Waals surface area contributed by atoms with Crippen molar-refractivity contribution in [3.05, 3.63) is 34.7 Å². The van der Waals surface area contributed by atoms with Crippen LogP contribution in [0.5, 0.6) is 5.75 Å². The van der Waals surface area contributed by atoms with Gasteiger partial charge in [-0.05, 0) is 30.7 Å². The number of hydrogen-bond acceptors (Lipinski definition) is 6. The minimum Gasteiger partial charge on any atom is -0.493 e.